The first-order valence-corrected chi connectivity index (χ1v) is 15.8. The Balaban J connectivity index is 1.22. The normalized spacial score (nSPS) is 11.7. The Hall–Kier alpha value is -6.19. The van der Waals surface area contributed by atoms with Crippen LogP contribution in [0.3, 0.4) is 0 Å². The van der Waals surface area contributed by atoms with Gasteiger partial charge >= 0.3 is 0 Å². The first-order chi connectivity index (χ1) is 23.1. The van der Waals surface area contributed by atoms with Crippen molar-refractivity contribution >= 4 is 50.0 Å². The maximum Gasteiger partial charge on any atom is 0.164 e. The predicted octanol–water partition coefficient (Wildman–Crippen LogP) is 11.5. The van der Waals surface area contributed by atoms with E-state index in [2.05, 4.69) is 159 Å². The van der Waals surface area contributed by atoms with Crippen LogP contribution in [0.15, 0.2) is 152 Å². The summed E-state index contributed by atoms with van der Waals surface area (Å²) in [6, 6.07) is 50.9. The summed E-state index contributed by atoms with van der Waals surface area (Å²) >= 11 is 0. The van der Waals surface area contributed by atoms with Crippen LogP contribution in [0.2, 0.25) is 0 Å². The minimum atomic E-state index is 0.648. The molecule has 7 aromatic carbocycles. The Morgan fingerprint density at radius 2 is 0.851 bits per heavy atom. The molecule has 0 aliphatic rings. The highest BCUT2D eigenvalue weighted by atomic mass is 15.0. The van der Waals surface area contributed by atoms with Crippen LogP contribution < -0.4 is 0 Å². The molecule has 8 rings (SSSR count). The summed E-state index contributed by atoms with van der Waals surface area (Å²) in [5.41, 5.74) is 7.53. The maximum atomic E-state index is 5.04. The number of benzene rings is 7. The third-order valence-corrected chi connectivity index (χ3v) is 8.79. The van der Waals surface area contributed by atoms with E-state index in [0.717, 1.165) is 49.4 Å². The van der Waals surface area contributed by atoms with Crippen LogP contribution in [0.1, 0.15) is 23.6 Å². The molecule has 0 saturated heterocycles. The molecule has 0 saturated carbocycles. The van der Waals surface area contributed by atoms with Gasteiger partial charge in [0.1, 0.15) is 0 Å². The molecule has 222 valence electrons. The highest BCUT2D eigenvalue weighted by molar-refractivity contribution is 5.93. The molecule has 0 N–H and O–H groups in total. The van der Waals surface area contributed by atoms with Gasteiger partial charge in [-0.2, -0.15) is 0 Å². The maximum absolute atomic E-state index is 5.04. The molecule has 1 heterocycles. The molecule has 0 spiro atoms. The molecule has 3 nitrogen and oxygen atoms in total. The van der Waals surface area contributed by atoms with Gasteiger partial charge in [-0.15, -0.1) is 0 Å². The van der Waals surface area contributed by atoms with Gasteiger partial charge in [0.05, 0.1) is 0 Å². The van der Waals surface area contributed by atoms with Gasteiger partial charge in [0.15, 0.2) is 17.5 Å². The van der Waals surface area contributed by atoms with Crippen molar-refractivity contribution in [2.75, 3.05) is 0 Å². The molecule has 0 fully saturated rings. The summed E-state index contributed by atoms with van der Waals surface area (Å²) < 4.78 is 0. The Bertz CT molecular complexity index is 2410. The number of fused-ring (bicyclic) bond motifs is 3. The van der Waals surface area contributed by atoms with E-state index < -0.39 is 0 Å². The van der Waals surface area contributed by atoms with E-state index in [0.29, 0.717) is 17.5 Å². The zero-order valence-electron chi connectivity index (χ0n) is 26.1. The van der Waals surface area contributed by atoms with E-state index in [1.165, 1.54) is 21.9 Å². The molecule has 0 aliphatic carbocycles. The lowest BCUT2D eigenvalue weighted by Crippen LogP contribution is -2.00. The average Bonchev–Trinajstić information content (AvgIpc) is 3.14. The smallest absolute Gasteiger partial charge is 0.164 e. The highest BCUT2D eigenvalue weighted by Crippen LogP contribution is 2.31. The Morgan fingerprint density at radius 3 is 1.38 bits per heavy atom. The van der Waals surface area contributed by atoms with Crippen molar-refractivity contribution in [3.05, 3.63) is 169 Å². The molecule has 0 radical (unpaired) electrons. The second-order valence-electron chi connectivity index (χ2n) is 11.9. The fourth-order valence-electron chi connectivity index (χ4n) is 6.19. The fraction of sp³-hybridized carbons (Fsp3) is 0.0227. The second-order valence-corrected chi connectivity index (χ2v) is 11.9. The number of nitrogens with zero attached hydrogens (tertiary/aromatic N) is 3. The van der Waals surface area contributed by atoms with Gasteiger partial charge in [0, 0.05) is 16.7 Å². The number of hydrogen-bond donors (Lipinski definition) is 0. The van der Waals surface area contributed by atoms with Crippen LogP contribution in [-0.4, -0.2) is 15.0 Å². The number of allylic oxidation sites excluding steroid dienone is 1. The summed E-state index contributed by atoms with van der Waals surface area (Å²) in [5, 5.41) is 6.96. The minimum Gasteiger partial charge on any atom is -0.208 e. The van der Waals surface area contributed by atoms with Gasteiger partial charge in [-0.05, 0) is 85.8 Å². The Labute approximate surface area is 274 Å². The molecule has 0 amide bonds. The zero-order valence-corrected chi connectivity index (χ0v) is 26.1. The standard InChI is InChI=1S/C44H31N3/c1-3-30-10-4-7-13-34(30)24-29(2)33-18-19-38-28-41(23-20-37(38)25-33)44-46-42(39-21-16-31-11-5-8-14-35(31)26-39)45-43(47-44)40-22-17-32-12-6-9-15-36(32)27-40/h3-28H,1H2,2H3/b29-24+. The Morgan fingerprint density at radius 1 is 0.447 bits per heavy atom. The van der Waals surface area contributed by atoms with Gasteiger partial charge in [-0.3, -0.25) is 0 Å². The minimum absolute atomic E-state index is 0.648. The fourth-order valence-corrected chi connectivity index (χ4v) is 6.19. The van der Waals surface area contributed by atoms with E-state index in [1.54, 1.807) is 0 Å². The van der Waals surface area contributed by atoms with Crippen molar-refractivity contribution in [3.63, 3.8) is 0 Å². The van der Waals surface area contributed by atoms with Crippen LogP contribution in [0.25, 0.3) is 84.2 Å². The molecule has 0 aliphatic heterocycles. The van der Waals surface area contributed by atoms with Gasteiger partial charge in [0.25, 0.3) is 0 Å². The molecular weight excluding hydrogens is 571 g/mol. The molecule has 0 atom stereocenters. The van der Waals surface area contributed by atoms with E-state index in [-0.39, 0.29) is 0 Å². The predicted molar refractivity (Wildman–Crippen MR) is 199 cm³/mol. The monoisotopic (exact) mass is 601 g/mol. The van der Waals surface area contributed by atoms with Crippen LogP contribution in [0.4, 0.5) is 0 Å². The first kappa shape index (κ1) is 28.3. The molecular formula is C44H31N3. The average molecular weight is 602 g/mol. The van der Waals surface area contributed by atoms with Crippen molar-refractivity contribution in [1.29, 1.82) is 0 Å². The third-order valence-electron chi connectivity index (χ3n) is 8.79. The summed E-state index contributed by atoms with van der Waals surface area (Å²) in [6.45, 7) is 6.13. The van der Waals surface area contributed by atoms with Crippen molar-refractivity contribution in [2.24, 2.45) is 0 Å². The summed E-state index contributed by atoms with van der Waals surface area (Å²) in [7, 11) is 0. The topological polar surface area (TPSA) is 38.7 Å². The van der Waals surface area contributed by atoms with Crippen molar-refractivity contribution in [2.45, 2.75) is 6.92 Å². The van der Waals surface area contributed by atoms with Crippen LogP contribution in [-0.2, 0) is 0 Å². The number of rotatable bonds is 6. The number of aromatic nitrogens is 3. The van der Waals surface area contributed by atoms with E-state index in [1.807, 2.05) is 12.1 Å². The molecule has 1 aromatic heterocycles. The lowest BCUT2D eigenvalue weighted by Gasteiger charge is -2.11. The SMILES string of the molecule is C=Cc1ccccc1/C=C(\C)c1ccc2cc(-c3nc(-c4ccc5ccccc5c4)nc(-c4ccc5ccccc5c4)n3)ccc2c1. The summed E-state index contributed by atoms with van der Waals surface area (Å²) in [5.74, 6) is 1.95. The van der Waals surface area contributed by atoms with Gasteiger partial charge < -0.3 is 0 Å². The lowest BCUT2D eigenvalue weighted by molar-refractivity contribution is 1.08. The molecule has 0 bridgehead atoms. The molecule has 47 heavy (non-hydrogen) atoms. The number of hydrogen-bond acceptors (Lipinski definition) is 3. The Kier molecular flexibility index (Phi) is 7.20. The van der Waals surface area contributed by atoms with Crippen LogP contribution >= 0.6 is 0 Å². The highest BCUT2D eigenvalue weighted by Gasteiger charge is 2.14. The first-order valence-electron chi connectivity index (χ1n) is 15.8. The van der Waals surface area contributed by atoms with Gasteiger partial charge in [-0.1, -0.05) is 140 Å². The lowest BCUT2D eigenvalue weighted by atomic mass is 9.98. The van der Waals surface area contributed by atoms with E-state index in [4.69, 9.17) is 15.0 Å². The summed E-state index contributed by atoms with van der Waals surface area (Å²) in [6.07, 6.45) is 4.12. The van der Waals surface area contributed by atoms with Crippen molar-refractivity contribution in [1.82, 2.24) is 15.0 Å². The van der Waals surface area contributed by atoms with Crippen molar-refractivity contribution in [3.8, 4) is 34.2 Å². The molecule has 3 heteroatoms. The third kappa shape index (κ3) is 5.60. The van der Waals surface area contributed by atoms with Gasteiger partial charge in [-0.25, -0.2) is 15.0 Å². The zero-order chi connectivity index (χ0) is 31.7. The van der Waals surface area contributed by atoms with E-state index in [9.17, 15) is 0 Å². The second kappa shape index (κ2) is 12.0. The van der Waals surface area contributed by atoms with Crippen molar-refractivity contribution < 1.29 is 0 Å². The van der Waals surface area contributed by atoms with Crippen LogP contribution in [0, 0.1) is 0 Å². The molecule has 0 unspecified atom stereocenters. The quantitative estimate of drug-likeness (QED) is 0.178. The molecule has 8 aromatic rings. The van der Waals surface area contributed by atoms with Gasteiger partial charge in [0.2, 0.25) is 0 Å². The van der Waals surface area contributed by atoms with E-state index >= 15 is 0 Å². The largest absolute Gasteiger partial charge is 0.208 e. The van der Waals surface area contributed by atoms with Crippen LogP contribution in [0.5, 0.6) is 0 Å². The summed E-state index contributed by atoms with van der Waals surface area (Å²) in [4.78, 5) is 15.1.